The summed E-state index contributed by atoms with van der Waals surface area (Å²) in [6.07, 6.45) is 6.37. The van der Waals surface area contributed by atoms with Crippen LogP contribution in [0.15, 0.2) is 48.0 Å². The van der Waals surface area contributed by atoms with E-state index in [1.807, 2.05) is 24.3 Å². The summed E-state index contributed by atoms with van der Waals surface area (Å²) >= 11 is 0. The number of nitrogens with two attached hydrogens (primary N) is 2. The molecule has 1 aliphatic rings. The zero-order chi connectivity index (χ0) is 53.8. The van der Waals surface area contributed by atoms with Gasteiger partial charge in [0, 0.05) is 48.4 Å². The number of para-hydroxylation sites is 1. The van der Waals surface area contributed by atoms with E-state index in [1.54, 1.807) is 47.7 Å². The van der Waals surface area contributed by atoms with E-state index in [9.17, 15) is 48.6 Å². The van der Waals surface area contributed by atoms with Crippen molar-refractivity contribution in [1.82, 2.24) is 57.5 Å². The Labute approximate surface area is 425 Å². The van der Waals surface area contributed by atoms with Crippen LogP contribution < -0.4 is 54.0 Å². The van der Waals surface area contributed by atoms with Crippen molar-refractivity contribution in [3.05, 3.63) is 54.2 Å². The number of carboxylic acid groups (broad SMARTS) is 1. The van der Waals surface area contributed by atoms with Crippen LogP contribution in [-0.4, -0.2) is 146 Å². The van der Waals surface area contributed by atoms with Crippen molar-refractivity contribution in [2.24, 2.45) is 34.2 Å². The number of rotatable bonds is 30. The molecule has 3 heterocycles. The van der Waals surface area contributed by atoms with E-state index in [0.717, 1.165) is 22.9 Å². The van der Waals surface area contributed by atoms with Crippen LogP contribution in [0.2, 0.25) is 0 Å². The van der Waals surface area contributed by atoms with E-state index < -0.39 is 96.4 Å². The van der Waals surface area contributed by atoms with E-state index in [0.29, 0.717) is 18.7 Å². The second kappa shape index (κ2) is 28.8. The summed E-state index contributed by atoms with van der Waals surface area (Å²) in [5.41, 5.74) is 13.1. The summed E-state index contributed by atoms with van der Waals surface area (Å²) in [7, 11) is 0. The zero-order valence-electron chi connectivity index (χ0n) is 42.6. The van der Waals surface area contributed by atoms with Gasteiger partial charge in [-0.15, -0.1) is 0 Å². The number of aliphatic hydroxyl groups is 1. The largest absolute Gasteiger partial charge is 0.480 e. The number of aromatic nitrogens is 3. The number of aliphatic hydroxyl groups excluding tert-OH is 1. The van der Waals surface area contributed by atoms with Gasteiger partial charge in [-0.3, -0.25) is 38.6 Å². The molecule has 0 bridgehead atoms. The number of H-pyrrole nitrogens is 2. The second-order valence-electron chi connectivity index (χ2n) is 19.8. The molecule has 0 saturated carbocycles. The van der Waals surface area contributed by atoms with Gasteiger partial charge in [-0.1, -0.05) is 59.7 Å². The Morgan fingerprint density at radius 2 is 1.21 bits per heavy atom. The highest BCUT2D eigenvalue weighted by Crippen LogP contribution is 2.20. The fraction of sp³-hybridized carbons (Fsp3) is 0.592. The molecular weight excluding hydrogens is 945 g/mol. The highest BCUT2D eigenvalue weighted by molar-refractivity contribution is 5.98. The maximum Gasteiger partial charge on any atom is 0.326 e. The number of guanidine groups is 1. The molecule has 1 fully saturated rings. The zero-order valence-corrected chi connectivity index (χ0v) is 42.6. The standard InChI is InChI=1S/C49H76N14O10/c1-26(2)17-35(43(67)61-38(21-30-23-52-25-56-30)46(70)62-39(48(72)73)19-28(5)6)59-47(71)40(24-64)63-44(68)36(18-27(3)4)58-42(66)34(14-10-16-54-49(50)51)57-45(69)37(60-41(65)33-13-9-15-53-33)20-29-22-55-32-12-8-7-11-31(29)32/h7-8,11-12,22-23,25-28,33-40,53,55,64H,9-10,13-21,24H2,1-6H3,(H,52,56)(H,57,69)(H,58,66)(H,59,71)(H,60,65)(H,61,67)(H,62,70)(H,63,68)(H,72,73)(H4,50,51,54)/t33-,34-,35-,36-,37-,38-,39-,40-/m0/s1. The van der Waals surface area contributed by atoms with Gasteiger partial charge in [-0.05, 0) is 80.9 Å². The topological polar surface area (TPSA) is 382 Å². The molecule has 0 radical (unpaired) electrons. The molecule has 1 aliphatic heterocycles. The summed E-state index contributed by atoms with van der Waals surface area (Å²) in [5.74, 6) is -7.09. The van der Waals surface area contributed by atoms with Crippen LogP contribution in [0.4, 0.5) is 0 Å². The van der Waals surface area contributed by atoms with Gasteiger partial charge in [0.05, 0.1) is 19.0 Å². The van der Waals surface area contributed by atoms with Crippen LogP contribution in [-0.2, 0) is 51.2 Å². The average Bonchev–Trinajstić information content (AvgIpc) is 4.14. The molecule has 8 atom stereocenters. The van der Waals surface area contributed by atoms with Crippen LogP contribution in [0.25, 0.3) is 10.9 Å². The Morgan fingerprint density at radius 1 is 0.685 bits per heavy atom. The number of imidazole rings is 1. The molecule has 0 spiro atoms. The minimum Gasteiger partial charge on any atom is -0.480 e. The van der Waals surface area contributed by atoms with E-state index in [-0.39, 0.29) is 81.1 Å². The number of hydrogen-bond donors (Lipinski definition) is 14. The predicted octanol–water partition coefficient (Wildman–Crippen LogP) is -0.909. The van der Waals surface area contributed by atoms with E-state index in [1.165, 1.54) is 12.5 Å². The van der Waals surface area contributed by atoms with Crippen LogP contribution in [0.3, 0.4) is 0 Å². The van der Waals surface area contributed by atoms with Crippen molar-refractivity contribution in [3.8, 4) is 0 Å². The van der Waals surface area contributed by atoms with Crippen LogP contribution >= 0.6 is 0 Å². The molecular formula is C49H76N14O10. The van der Waals surface area contributed by atoms with E-state index in [2.05, 4.69) is 62.5 Å². The first-order valence-electron chi connectivity index (χ1n) is 24.9. The fourth-order valence-electron chi connectivity index (χ4n) is 8.43. The van der Waals surface area contributed by atoms with Gasteiger partial charge in [-0.2, -0.15) is 0 Å². The van der Waals surface area contributed by atoms with Crippen LogP contribution in [0.1, 0.15) is 97.7 Å². The first kappa shape index (κ1) is 58.5. The maximum absolute atomic E-state index is 14.3. The number of carbonyl (C=O) groups is 8. The first-order chi connectivity index (χ1) is 34.6. The number of carboxylic acids is 1. The molecule has 0 unspecified atom stereocenters. The summed E-state index contributed by atoms with van der Waals surface area (Å²) < 4.78 is 0. The van der Waals surface area contributed by atoms with Crippen molar-refractivity contribution in [2.45, 2.75) is 148 Å². The van der Waals surface area contributed by atoms with Crippen molar-refractivity contribution < 1.29 is 48.6 Å². The SMILES string of the molecule is CC(C)C[C@H](NC(=O)[C@H](Cc1cnc[nH]1)NC(=O)[C@H](CC(C)C)NC(=O)[C@H](CO)NC(=O)[C@H](CC(C)C)NC(=O)[C@H](CCCN=C(N)N)NC(=O)[C@H](Cc1c[nH]c2ccccc12)NC(=O)[C@@H]1CCCN1)C(=O)O. The fourth-order valence-corrected chi connectivity index (χ4v) is 8.43. The van der Waals surface area contributed by atoms with Gasteiger partial charge in [-0.25, -0.2) is 9.78 Å². The monoisotopic (exact) mass is 1020 g/mol. The third kappa shape index (κ3) is 19.1. The summed E-state index contributed by atoms with van der Waals surface area (Å²) in [6.45, 7) is 10.6. The van der Waals surface area contributed by atoms with Crippen molar-refractivity contribution >= 4 is 64.2 Å². The quantitative estimate of drug-likeness (QED) is 0.0219. The number of aliphatic imine (C=N–C) groups is 1. The lowest BCUT2D eigenvalue weighted by atomic mass is 10.00. The van der Waals surface area contributed by atoms with Gasteiger partial charge < -0.3 is 74.2 Å². The summed E-state index contributed by atoms with van der Waals surface area (Å²) in [6, 6.07) is -2.18. The molecule has 3 aromatic rings. The molecule has 1 aromatic carbocycles. The lowest BCUT2D eigenvalue weighted by Crippen LogP contribution is -2.61. The number of benzene rings is 1. The van der Waals surface area contributed by atoms with Gasteiger partial charge >= 0.3 is 5.97 Å². The minimum absolute atomic E-state index is 0.00572. The summed E-state index contributed by atoms with van der Waals surface area (Å²) in [4.78, 5) is 124. The average molecular weight is 1020 g/mol. The molecule has 0 aliphatic carbocycles. The number of carbonyl (C=O) groups excluding carboxylic acids is 7. The van der Waals surface area contributed by atoms with Gasteiger partial charge in [0.25, 0.3) is 0 Å². The summed E-state index contributed by atoms with van der Waals surface area (Å²) in [5, 5.41) is 42.9. The molecule has 24 nitrogen and oxygen atoms in total. The Hall–Kier alpha value is -7.08. The van der Waals surface area contributed by atoms with Crippen LogP contribution in [0.5, 0.6) is 0 Å². The minimum atomic E-state index is -1.63. The van der Waals surface area contributed by atoms with E-state index >= 15 is 0 Å². The highest BCUT2D eigenvalue weighted by Gasteiger charge is 2.36. The van der Waals surface area contributed by atoms with Gasteiger partial charge in [0.2, 0.25) is 41.4 Å². The van der Waals surface area contributed by atoms with Crippen LogP contribution in [0, 0.1) is 17.8 Å². The molecule has 16 N–H and O–H groups in total. The molecule has 402 valence electrons. The third-order valence-electron chi connectivity index (χ3n) is 12.1. The smallest absolute Gasteiger partial charge is 0.326 e. The molecule has 2 aromatic heterocycles. The lowest BCUT2D eigenvalue weighted by Gasteiger charge is -2.28. The molecule has 1 saturated heterocycles. The highest BCUT2D eigenvalue weighted by atomic mass is 16.4. The number of aromatic amines is 2. The molecule has 7 amide bonds. The van der Waals surface area contributed by atoms with Crippen molar-refractivity contribution in [1.29, 1.82) is 0 Å². The lowest BCUT2D eigenvalue weighted by molar-refractivity contribution is -0.142. The Balaban J connectivity index is 1.53. The Bertz CT molecular complexity index is 2340. The number of nitrogens with one attached hydrogen (secondary N) is 10. The van der Waals surface area contributed by atoms with Crippen molar-refractivity contribution in [3.63, 3.8) is 0 Å². The second-order valence-corrected chi connectivity index (χ2v) is 19.8. The van der Waals surface area contributed by atoms with E-state index in [4.69, 9.17) is 11.5 Å². The number of aliphatic carboxylic acids is 1. The van der Waals surface area contributed by atoms with Gasteiger partial charge in [0.15, 0.2) is 5.96 Å². The number of amides is 7. The molecule has 24 heteroatoms. The molecule has 4 rings (SSSR count). The van der Waals surface area contributed by atoms with Gasteiger partial charge in [0.1, 0.15) is 42.3 Å². The number of fused-ring (bicyclic) bond motifs is 1. The maximum atomic E-state index is 14.3. The first-order valence-corrected chi connectivity index (χ1v) is 24.9. The molecule has 73 heavy (non-hydrogen) atoms. The Kier molecular flexibility index (Phi) is 23.1. The predicted molar refractivity (Wildman–Crippen MR) is 272 cm³/mol. The normalized spacial score (nSPS) is 16.3. The number of nitrogens with zero attached hydrogens (tertiary/aromatic N) is 2. The van der Waals surface area contributed by atoms with Crippen molar-refractivity contribution in [2.75, 3.05) is 19.7 Å². The third-order valence-corrected chi connectivity index (χ3v) is 12.1. The number of hydrogen-bond acceptors (Lipinski definition) is 12. The Morgan fingerprint density at radius 3 is 1.75 bits per heavy atom.